The number of hydrogen-bond donors (Lipinski definition) is 1. The monoisotopic (exact) mass is 403 g/mol. The summed E-state index contributed by atoms with van der Waals surface area (Å²) in [6.45, 7) is 4.56. The lowest BCUT2D eigenvalue weighted by Gasteiger charge is -2.33. The summed E-state index contributed by atoms with van der Waals surface area (Å²) in [7, 11) is -3.00. The summed E-state index contributed by atoms with van der Waals surface area (Å²) >= 11 is 0. The lowest BCUT2D eigenvalue weighted by atomic mass is 9.86. The van der Waals surface area contributed by atoms with Crippen LogP contribution in [0.25, 0.3) is 0 Å². The Morgan fingerprint density at radius 1 is 0.862 bits per heavy atom. The highest BCUT2D eigenvalue weighted by atomic mass is 31.2. The molecule has 0 aromatic heterocycles. The van der Waals surface area contributed by atoms with Crippen LogP contribution in [0.15, 0.2) is 91.0 Å². The molecular weight excluding hydrogens is 373 g/mol. The predicted octanol–water partition coefficient (Wildman–Crippen LogP) is 6.07. The summed E-state index contributed by atoms with van der Waals surface area (Å²) < 4.78 is 14.7. The quantitative estimate of drug-likeness (QED) is 0.462. The molecule has 4 rings (SSSR count). The second-order valence-electron chi connectivity index (χ2n) is 8.15. The van der Waals surface area contributed by atoms with Crippen LogP contribution >= 0.6 is 7.29 Å². The smallest absolute Gasteiger partial charge is 0.205 e. The Balaban J connectivity index is 1.83. The maximum atomic E-state index is 14.7. The van der Waals surface area contributed by atoms with Crippen LogP contribution in [0.3, 0.4) is 0 Å². The van der Waals surface area contributed by atoms with Gasteiger partial charge in [-0.05, 0) is 54.0 Å². The van der Waals surface area contributed by atoms with Crippen molar-refractivity contribution in [1.29, 1.82) is 0 Å². The van der Waals surface area contributed by atoms with Crippen LogP contribution in [-0.2, 0) is 4.57 Å². The van der Waals surface area contributed by atoms with E-state index in [2.05, 4.69) is 49.3 Å². The summed E-state index contributed by atoms with van der Waals surface area (Å²) in [5, 5.41) is 5.49. The highest BCUT2D eigenvalue weighted by Gasteiger charge is 2.57. The fraction of sp³-hybridized carbons (Fsp3) is 0.308. The zero-order valence-electron chi connectivity index (χ0n) is 17.3. The van der Waals surface area contributed by atoms with Gasteiger partial charge in [0.25, 0.3) is 0 Å². The van der Waals surface area contributed by atoms with E-state index in [0.29, 0.717) is 5.92 Å². The van der Waals surface area contributed by atoms with Crippen LogP contribution in [0, 0.1) is 11.3 Å². The van der Waals surface area contributed by atoms with Crippen LogP contribution in [-0.4, -0.2) is 0 Å². The Morgan fingerprint density at radius 3 is 1.76 bits per heavy atom. The normalized spacial score (nSPS) is 22.2. The fourth-order valence-electron chi connectivity index (χ4n) is 4.88. The Morgan fingerprint density at radius 2 is 1.34 bits per heavy atom. The Hall–Kier alpha value is -2.15. The molecule has 150 valence electrons. The second kappa shape index (κ2) is 8.30. The van der Waals surface area contributed by atoms with E-state index in [1.807, 2.05) is 60.7 Å². The SMILES string of the molecule is CC[C@@H]1C[C@@]1(CC)[C@@H](NP(=O)(c1ccccc1)c1ccccc1)c1ccccc1. The van der Waals surface area contributed by atoms with E-state index < -0.39 is 7.29 Å². The molecule has 0 radical (unpaired) electrons. The van der Waals surface area contributed by atoms with E-state index >= 15 is 0 Å². The highest BCUT2D eigenvalue weighted by molar-refractivity contribution is 7.76. The van der Waals surface area contributed by atoms with E-state index in [4.69, 9.17) is 0 Å². The molecule has 0 unspecified atom stereocenters. The molecule has 0 spiro atoms. The molecule has 0 amide bonds. The molecule has 1 saturated carbocycles. The molecule has 2 nitrogen and oxygen atoms in total. The van der Waals surface area contributed by atoms with E-state index in [9.17, 15) is 4.57 Å². The molecule has 3 atom stereocenters. The molecule has 1 aliphatic rings. The second-order valence-corrected chi connectivity index (χ2v) is 10.7. The average Bonchev–Trinajstić information content (AvgIpc) is 3.54. The minimum Gasteiger partial charge on any atom is -0.297 e. The van der Waals surface area contributed by atoms with Crippen molar-refractivity contribution < 1.29 is 4.57 Å². The van der Waals surface area contributed by atoms with E-state index in [0.717, 1.165) is 17.0 Å². The van der Waals surface area contributed by atoms with Crippen molar-refractivity contribution in [3.05, 3.63) is 96.6 Å². The van der Waals surface area contributed by atoms with Crippen LogP contribution in [0.1, 0.15) is 44.7 Å². The van der Waals surface area contributed by atoms with Crippen molar-refractivity contribution in [1.82, 2.24) is 5.09 Å². The third-order valence-corrected chi connectivity index (χ3v) is 9.36. The third kappa shape index (κ3) is 3.72. The lowest BCUT2D eigenvalue weighted by Crippen LogP contribution is -2.35. The van der Waals surface area contributed by atoms with Gasteiger partial charge in [-0.3, -0.25) is 9.65 Å². The first-order valence-electron chi connectivity index (χ1n) is 10.7. The average molecular weight is 404 g/mol. The van der Waals surface area contributed by atoms with Crippen molar-refractivity contribution in [3.63, 3.8) is 0 Å². The number of rotatable bonds is 8. The largest absolute Gasteiger partial charge is 0.297 e. The zero-order chi connectivity index (χ0) is 20.3. The lowest BCUT2D eigenvalue weighted by molar-refractivity contribution is 0.329. The van der Waals surface area contributed by atoms with Gasteiger partial charge in [0.15, 0.2) is 0 Å². The predicted molar refractivity (Wildman–Crippen MR) is 123 cm³/mol. The van der Waals surface area contributed by atoms with E-state index in [1.165, 1.54) is 18.4 Å². The minimum atomic E-state index is -3.00. The van der Waals surface area contributed by atoms with Gasteiger partial charge in [0.1, 0.15) is 0 Å². The van der Waals surface area contributed by atoms with Crippen molar-refractivity contribution in [2.75, 3.05) is 0 Å². The molecule has 3 aromatic carbocycles. The first-order chi connectivity index (χ1) is 14.1. The highest BCUT2D eigenvalue weighted by Crippen LogP contribution is 2.65. The first kappa shape index (κ1) is 20.1. The Kier molecular flexibility index (Phi) is 5.76. The molecule has 0 bridgehead atoms. The molecule has 1 N–H and O–H groups in total. The third-order valence-electron chi connectivity index (χ3n) is 6.69. The number of benzene rings is 3. The zero-order valence-corrected chi connectivity index (χ0v) is 18.2. The number of hydrogen-bond acceptors (Lipinski definition) is 1. The topological polar surface area (TPSA) is 29.1 Å². The Labute approximate surface area is 174 Å². The summed E-state index contributed by atoms with van der Waals surface area (Å²) in [5.74, 6) is 0.671. The molecule has 0 heterocycles. The van der Waals surface area contributed by atoms with Crippen molar-refractivity contribution >= 4 is 17.9 Å². The Bertz CT molecular complexity index is 930. The molecule has 0 aliphatic heterocycles. The molecule has 1 fully saturated rings. The summed E-state index contributed by atoms with van der Waals surface area (Å²) in [6, 6.07) is 30.5. The van der Waals surface area contributed by atoms with Crippen LogP contribution in [0.4, 0.5) is 0 Å². The van der Waals surface area contributed by atoms with Gasteiger partial charge in [0, 0.05) is 16.7 Å². The van der Waals surface area contributed by atoms with Gasteiger partial charge in [-0.1, -0.05) is 87.0 Å². The number of nitrogens with one attached hydrogen (secondary N) is 1. The maximum absolute atomic E-state index is 14.7. The van der Waals surface area contributed by atoms with Gasteiger partial charge in [-0.2, -0.15) is 0 Å². The fourth-order valence-corrected chi connectivity index (χ4v) is 7.43. The van der Waals surface area contributed by atoms with E-state index in [1.54, 1.807) is 0 Å². The van der Waals surface area contributed by atoms with E-state index in [-0.39, 0.29) is 11.5 Å². The summed E-state index contributed by atoms with van der Waals surface area (Å²) in [4.78, 5) is 0. The molecule has 3 heteroatoms. The van der Waals surface area contributed by atoms with Crippen molar-refractivity contribution in [3.8, 4) is 0 Å². The summed E-state index contributed by atoms with van der Waals surface area (Å²) in [6.07, 6.45) is 3.44. The van der Waals surface area contributed by atoms with Gasteiger partial charge < -0.3 is 0 Å². The molecule has 0 saturated heterocycles. The molecule has 1 aliphatic carbocycles. The van der Waals surface area contributed by atoms with Crippen molar-refractivity contribution in [2.24, 2.45) is 11.3 Å². The standard InChI is InChI=1S/C26H30NOP/c1-3-22-20-26(22,4-2)25(21-14-8-5-9-15-21)27-29(28,23-16-10-6-11-17-23)24-18-12-7-13-19-24/h5-19,22,25H,3-4,20H2,1-2H3,(H,27,28)/t22-,25+,26-/m1/s1. The van der Waals surface area contributed by atoms with Gasteiger partial charge in [0.05, 0.1) is 0 Å². The van der Waals surface area contributed by atoms with Gasteiger partial charge in [-0.15, -0.1) is 0 Å². The first-order valence-corrected chi connectivity index (χ1v) is 12.4. The van der Waals surface area contributed by atoms with Crippen LogP contribution in [0.2, 0.25) is 0 Å². The van der Waals surface area contributed by atoms with Crippen molar-refractivity contribution in [2.45, 2.75) is 39.2 Å². The van der Waals surface area contributed by atoms with Gasteiger partial charge in [-0.25, -0.2) is 0 Å². The molecule has 3 aromatic rings. The molecular formula is C26H30NOP. The summed E-state index contributed by atoms with van der Waals surface area (Å²) in [5.41, 5.74) is 1.40. The molecule has 29 heavy (non-hydrogen) atoms. The van der Waals surface area contributed by atoms with Crippen LogP contribution < -0.4 is 15.7 Å². The van der Waals surface area contributed by atoms with Crippen LogP contribution in [0.5, 0.6) is 0 Å². The minimum absolute atomic E-state index is 0.0601. The maximum Gasteiger partial charge on any atom is 0.205 e. The van der Waals surface area contributed by atoms with Gasteiger partial charge >= 0.3 is 0 Å². The van der Waals surface area contributed by atoms with Gasteiger partial charge in [0.2, 0.25) is 7.29 Å².